The van der Waals surface area contributed by atoms with Crippen molar-refractivity contribution in [3.8, 4) is 11.5 Å². The number of carbonyl (C=O) groups is 1. The summed E-state index contributed by atoms with van der Waals surface area (Å²) in [5, 5.41) is 2.95. The average Bonchev–Trinajstić information content (AvgIpc) is 3.05. The fraction of sp³-hybridized carbons (Fsp3) is 0.222. The van der Waals surface area contributed by atoms with Gasteiger partial charge in [0.05, 0.1) is 20.3 Å². The molecule has 1 N–H and O–H groups in total. The second-order valence-corrected chi connectivity index (χ2v) is 5.40. The minimum Gasteiger partial charge on any atom is -0.493 e. The Balaban J connectivity index is 1.78. The first-order chi connectivity index (χ1) is 11.6. The maximum absolute atomic E-state index is 12.4. The number of nitrogens with one attached hydrogen (secondary N) is 1. The van der Waals surface area contributed by atoms with Gasteiger partial charge in [0.2, 0.25) is 0 Å². The summed E-state index contributed by atoms with van der Waals surface area (Å²) in [6.45, 7) is 1.91. The smallest absolute Gasteiger partial charge is 0.271 e. The number of fused-ring (bicyclic) bond motifs is 1. The van der Waals surface area contributed by atoms with Crippen LogP contribution in [-0.2, 0) is 0 Å². The Morgan fingerprint density at radius 1 is 1.17 bits per heavy atom. The number of ether oxygens (including phenoxy) is 2. The summed E-state index contributed by atoms with van der Waals surface area (Å²) < 4.78 is 12.3. The van der Waals surface area contributed by atoms with Gasteiger partial charge in [-0.25, -0.2) is 4.98 Å². The summed E-state index contributed by atoms with van der Waals surface area (Å²) in [5.74, 6) is 1.06. The van der Waals surface area contributed by atoms with Crippen LogP contribution in [0.2, 0.25) is 0 Å². The number of carbonyl (C=O) groups excluding carboxylic acids is 1. The third-order valence-electron chi connectivity index (χ3n) is 3.85. The lowest BCUT2D eigenvalue weighted by Crippen LogP contribution is -2.26. The van der Waals surface area contributed by atoms with Crippen LogP contribution < -0.4 is 14.8 Å². The number of nitrogens with zero attached hydrogens (tertiary/aromatic N) is 2. The van der Waals surface area contributed by atoms with Crippen molar-refractivity contribution in [3.05, 3.63) is 60.0 Å². The summed E-state index contributed by atoms with van der Waals surface area (Å²) in [6, 6.07) is 11.0. The predicted molar refractivity (Wildman–Crippen MR) is 90.6 cm³/mol. The molecule has 1 aromatic carbocycles. The van der Waals surface area contributed by atoms with Crippen LogP contribution >= 0.6 is 0 Å². The van der Waals surface area contributed by atoms with Gasteiger partial charge in [-0.05, 0) is 36.8 Å². The van der Waals surface area contributed by atoms with Crippen LogP contribution in [0.1, 0.15) is 29.0 Å². The van der Waals surface area contributed by atoms with Gasteiger partial charge in [-0.2, -0.15) is 0 Å². The Hall–Kier alpha value is -3.02. The Labute approximate surface area is 140 Å². The van der Waals surface area contributed by atoms with Gasteiger partial charge in [0.15, 0.2) is 11.5 Å². The number of pyridine rings is 1. The zero-order chi connectivity index (χ0) is 17.1. The van der Waals surface area contributed by atoms with E-state index in [4.69, 9.17) is 9.47 Å². The second-order valence-electron chi connectivity index (χ2n) is 5.40. The molecule has 24 heavy (non-hydrogen) atoms. The average molecular weight is 325 g/mol. The van der Waals surface area contributed by atoms with E-state index < -0.39 is 0 Å². The Kier molecular flexibility index (Phi) is 4.37. The molecule has 0 radical (unpaired) electrons. The fourth-order valence-corrected chi connectivity index (χ4v) is 2.52. The molecule has 6 nitrogen and oxygen atoms in total. The van der Waals surface area contributed by atoms with Crippen molar-refractivity contribution in [2.75, 3.05) is 14.2 Å². The Morgan fingerprint density at radius 2 is 1.96 bits per heavy atom. The SMILES string of the molecule is COc1ccc([C@H](C)NC(=O)c2cn3ccccc3n2)cc1OC. The summed E-state index contributed by atoms with van der Waals surface area (Å²) in [4.78, 5) is 16.8. The summed E-state index contributed by atoms with van der Waals surface area (Å²) >= 11 is 0. The third-order valence-corrected chi connectivity index (χ3v) is 3.85. The lowest BCUT2D eigenvalue weighted by atomic mass is 10.1. The van der Waals surface area contributed by atoms with Crippen molar-refractivity contribution < 1.29 is 14.3 Å². The molecule has 1 amide bonds. The van der Waals surface area contributed by atoms with Crippen molar-refractivity contribution in [2.24, 2.45) is 0 Å². The standard InChI is InChI=1S/C18H19N3O3/c1-12(13-7-8-15(23-2)16(10-13)24-3)19-18(22)14-11-21-9-5-4-6-17(21)20-14/h4-12H,1-3H3,(H,19,22)/t12-/m0/s1. The van der Waals surface area contributed by atoms with Crippen LogP contribution in [0.25, 0.3) is 5.65 Å². The lowest BCUT2D eigenvalue weighted by Gasteiger charge is -2.16. The molecule has 0 bridgehead atoms. The van der Waals surface area contributed by atoms with E-state index in [1.165, 1.54) is 0 Å². The van der Waals surface area contributed by atoms with E-state index in [-0.39, 0.29) is 11.9 Å². The highest BCUT2D eigenvalue weighted by Crippen LogP contribution is 2.29. The largest absolute Gasteiger partial charge is 0.493 e. The molecular formula is C18H19N3O3. The van der Waals surface area contributed by atoms with Crippen LogP contribution in [0.5, 0.6) is 11.5 Å². The van der Waals surface area contributed by atoms with Gasteiger partial charge in [0, 0.05) is 12.4 Å². The lowest BCUT2D eigenvalue weighted by molar-refractivity contribution is 0.0935. The molecule has 0 fully saturated rings. The molecule has 6 heteroatoms. The zero-order valence-corrected chi connectivity index (χ0v) is 13.8. The molecule has 0 saturated carbocycles. The van der Waals surface area contributed by atoms with Crippen molar-refractivity contribution in [2.45, 2.75) is 13.0 Å². The molecule has 0 saturated heterocycles. The first kappa shape index (κ1) is 15.9. The van der Waals surface area contributed by atoms with Crippen molar-refractivity contribution >= 4 is 11.6 Å². The first-order valence-corrected chi connectivity index (χ1v) is 7.59. The van der Waals surface area contributed by atoms with E-state index in [0.29, 0.717) is 17.2 Å². The molecule has 0 unspecified atom stereocenters. The monoisotopic (exact) mass is 325 g/mol. The number of hydrogen-bond donors (Lipinski definition) is 1. The van der Waals surface area contributed by atoms with Gasteiger partial charge in [0.25, 0.3) is 5.91 Å². The van der Waals surface area contributed by atoms with Crippen molar-refractivity contribution in [1.82, 2.24) is 14.7 Å². The molecule has 0 spiro atoms. The summed E-state index contributed by atoms with van der Waals surface area (Å²) in [7, 11) is 3.17. The third kappa shape index (κ3) is 3.03. The van der Waals surface area contributed by atoms with Crippen molar-refractivity contribution in [3.63, 3.8) is 0 Å². The molecular weight excluding hydrogens is 306 g/mol. The van der Waals surface area contributed by atoms with E-state index in [0.717, 1.165) is 11.2 Å². The highest BCUT2D eigenvalue weighted by Gasteiger charge is 2.16. The van der Waals surface area contributed by atoms with Gasteiger partial charge in [-0.3, -0.25) is 4.79 Å². The normalized spacial score (nSPS) is 12.0. The number of methoxy groups -OCH3 is 2. The van der Waals surface area contributed by atoms with Crippen LogP contribution in [0.4, 0.5) is 0 Å². The minimum absolute atomic E-state index is 0.192. The van der Waals surface area contributed by atoms with E-state index in [2.05, 4.69) is 10.3 Å². The van der Waals surface area contributed by atoms with E-state index in [1.54, 1.807) is 20.4 Å². The maximum atomic E-state index is 12.4. The minimum atomic E-state index is -0.221. The molecule has 1 atom stereocenters. The number of imidazole rings is 1. The molecule has 2 heterocycles. The molecule has 2 aromatic heterocycles. The Morgan fingerprint density at radius 3 is 2.67 bits per heavy atom. The molecule has 3 aromatic rings. The quantitative estimate of drug-likeness (QED) is 0.783. The molecule has 124 valence electrons. The predicted octanol–water partition coefficient (Wildman–Crippen LogP) is 2.84. The Bertz CT molecular complexity index is 840. The first-order valence-electron chi connectivity index (χ1n) is 7.59. The molecule has 0 aliphatic heterocycles. The highest BCUT2D eigenvalue weighted by atomic mass is 16.5. The number of hydrogen-bond acceptors (Lipinski definition) is 4. The van der Waals surface area contributed by atoms with Gasteiger partial charge in [-0.1, -0.05) is 12.1 Å². The molecule has 0 aliphatic rings. The van der Waals surface area contributed by atoms with Crippen LogP contribution in [0.3, 0.4) is 0 Å². The van der Waals surface area contributed by atoms with Gasteiger partial charge >= 0.3 is 0 Å². The molecule has 3 rings (SSSR count). The van der Waals surface area contributed by atoms with Gasteiger partial charge in [-0.15, -0.1) is 0 Å². The number of aromatic nitrogens is 2. The topological polar surface area (TPSA) is 64.9 Å². The molecule has 0 aliphatic carbocycles. The van der Waals surface area contributed by atoms with Crippen LogP contribution in [0.15, 0.2) is 48.8 Å². The second kappa shape index (κ2) is 6.62. The van der Waals surface area contributed by atoms with Crippen LogP contribution in [-0.4, -0.2) is 29.5 Å². The fourth-order valence-electron chi connectivity index (χ4n) is 2.52. The highest BCUT2D eigenvalue weighted by molar-refractivity contribution is 5.93. The summed E-state index contributed by atoms with van der Waals surface area (Å²) in [5.41, 5.74) is 2.04. The summed E-state index contributed by atoms with van der Waals surface area (Å²) in [6.07, 6.45) is 3.57. The van der Waals surface area contributed by atoms with Crippen molar-refractivity contribution in [1.29, 1.82) is 0 Å². The van der Waals surface area contributed by atoms with E-state index >= 15 is 0 Å². The number of benzene rings is 1. The number of rotatable bonds is 5. The van der Waals surface area contributed by atoms with Crippen LogP contribution in [0, 0.1) is 0 Å². The number of amides is 1. The van der Waals surface area contributed by atoms with Gasteiger partial charge in [0.1, 0.15) is 11.3 Å². The van der Waals surface area contributed by atoms with E-state index in [1.807, 2.05) is 53.9 Å². The maximum Gasteiger partial charge on any atom is 0.271 e. The van der Waals surface area contributed by atoms with E-state index in [9.17, 15) is 4.79 Å². The van der Waals surface area contributed by atoms with Gasteiger partial charge < -0.3 is 19.2 Å². The zero-order valence-electron chi connectivity index (χ0n) is 13.8.